The lowest BCUT2D eigenvalue weighted by Gasteiger charge is -2.35. The fourth-order valence-corrected chi connectivity index (χ4v) is 2.68. The standard InChI is InChI=1S/C15H23N3O3/c1-4-21-15-9-13(8-14(10-15)18(19)20)16-12-5-6-17(3)11(2)7-12/h8-12,16H,4-7H2,1-3H3. The first-order chi connectivity index (χ1) is 9.99. The summed E-state index contributed by atoms with van der Waals surface area (Å²) in [6, 6.07) is 5.73. The average molecular weight is 293 g/mol. The van der Waals surface area contributed by atoms with E-state index in [9.17, 15) is 10.1 Å². The van der Waals surface area contributed by atoms with Gasteiger partial charge >= 0.3 is 0 Å². The zero-order valence-electron chi connectivity index (χ0n) is 12.8. The molecule has 21 heavy (non-hydrogen) atoms. The summed E-state index contributed by atoms with van der Waals surface area (Å²) >= 11 is 0. The molecule has 2 unspecified atom stereocenters. The number of nitrogens with zero attached hydrogens (tertiary/aromatic N) is 2. The first kappa shape index (κ1) is 15.6. The molecular weight excluding hydrogens is 270 g/mol. The Labute approximate surface area is 125 Å². The largest absolute Gasteiger partial charge is 0.494 e. The molecule has 0 saturated carbocycles. The van der Waals surface area contributed by atoms with Gasteiger partial charge in [-0.25, -0.2) is 0 Å². The highest BCUT2D eigenvalue weighted by Crippen LogP contribution is 2.28. The van der Waals surface area contributed by atoms with E-state index in [0.717, 1.165) is 25.1 Å². The molecule has 1 aromatic carbocycles. The first-order valence-electron chi connectivity index (χ1n) is 7.38. The number of hydrogen-bond donors (Lipinski definition) is 1. The molecule has 1 saturated heterocycles. The highest BCUT2D eigenvalue weighted by atomic mass is 16.6. The van der Waals surface area contributed by atoms with Gasteiger partial charge in [0.1, 0.15) is 5.75 Å². The summed E-state index contributed by atoms with van der Waals surface area (Å²) < 4.78 is 5.41. The number of rotatable bonds is 5. The Kier molecular flexibility index (Phi) is 5.01. The van der Waals surface area contributed by atoms with E-state index in [-0.39, 0.29) is 10.6 Å². The third-order valence-corrected chi connectivity index (χ3v) is 3.99. The van der Waals surface area contributed by atoms with E-state index in [1.54, 1.807) is 6.07 Å². The van der Waals surface area contributed by atoms with Crippen LogP contribution in [0.25, 0.3) is 0 Å². The van der Waals surface area contributed by atoms with Gasteiger partial charge in [0.2, 0.25) is 0 Å². The molecule has 0 radical (unpaired) electrons. The van der Waals surface area contributed by atoms with E-state index in [1.165, 1.54) is 6.07 Å². The predicted molar refractivity (Wildman–Crippen MR) is 83.0 cm³/mol. The molecule has 0 amide bonds. The van der Waals surface area contributed by atoms with Gasteiger partial charge in [-0.3, -0.25) is 10.1 Å². The number of benzene rings is 1. The van der Waals surface area contributed by atoms with Crippen molar-refractivity contribution in [1.82, 2.24) is 4.90 Å². The summed E-state index contributed by atoms with van der Waals surface area (Å²) in [6.45, 7) is 5.59. The SMILES string of the molecule is CCOc1cc(NC2CCN(C)C(C)C2)cc([N+](=O)[O-])c1. The fraction of sp³-hybridized carbons (Fsp3) is 0.600. The normalized spacial score (nSPS) is 22.8. The second-order valence-corrected chi connectivity index (χ2v) is 5.60. The predicted octanol–water partition coefficient (Wildman–Crippen LogP) is 2.89. The smallest absolute Gasteiger partial charge is 0.275 e. The highest BCUT2D eigenvalue weighted by Gasteiger charge is 2.23. The van der Waals surface area contributed by atoms with Gasteiger partial charge in [-0.05, 0) is 33.7 Å². The van der Waals surface area contributed by atoms with Gasteiger partial charge in [-0.2, -0.15) is 0 Å². The second-order valence-electron chi connectivity index (χ2n) is 5.60. The minimum atomic E-state index is -0.384. The van der Waals surface area contributed by atoms with E-state index in [1.807, 2.05) is 13.0 Å². The van der Waals surface area contributed by atoms with Gasteiger partial charge in [-0.1, -0.05) is 0 Å². The third kappa shape index (κ3) is 4.07. The van der Waals surface area contributed by atoms with Crippen molar-refractivity contribution in [2.24, 2.45) is 0 Å². The molecule has 116 valence electrons. The monoisotopic (exact) mass is 293 g/mol. The van der Waals surface area contributed by atoms with Crippen molar-refractivity contribution in [3.05, 3.63) is 28.3 Å². The maximum Gasteiger partial charge on any atom is 0.275 e. The Bertz CT molecular complexity index is 507. The van der Waals surface area contributed by atoms with Gasteiger partial charge < -0.3 is 15.0 Å². The van der Waals surface area contributed by atoms with Crippen LogP contribution in [0.2, 0.25) is 0 Å². The zero-order valence-corrected chi connectivity index (χ0v) is 12.8. The maximum atomic E-state index is 11.0. The summed E-state index contributed by atoms with van der Waals surface area (Å²) in [6.07, 6.45) is 2.07. The zero-order chi connectivity index (χ0) is 15.4. The average Bonchev–Trinajstić information content (AvgIpc) is 2.43. The molecule has 1 aliphatic heterocycles. The highest BCUT2D eigenvalue weighted by molar-refractivity contribution is 5.56. The first-order valence-corrected chi connectivity index (χ1v) is 7.38. The van der Waals surface area contributed by atoms with Crippen molar-refractivity contribution in [2.75, 3.05) is 25.5 Å². The second kappa shape index (κ2) is 6.76. The lowest BCUT2D eigenvalue weighted by atomic mass is 9.98. The molecule has 2 rings (SSSR count). The minimum Gasteiger partial charge on any atom is -0.494 e. The topological polar surface area (TPSA) is 67.6 Å². The van der Waals surface area contributed by atoms with Gasteiger partial charge in [0.25, 0.3) is 5.69 Å². The lowest BCUT2D eigenvalue weighted by molar-refractivity contribution is -0.384. The number of hydrogen-bond acceptors (Lipinski definition) is 5. The third-order valence-electron chi connectivity index (χ3n) is 3.99. The van der Waals surface area contributed by atoms with Crippen LogP contribution in [0.1, 0.15) is 26.7 Å². The Morgan fingerprint density at radius 3 is 2.86 bits per heavy atom. The van der Waals surface area contributed by atoms with Crippen LogP contribution in [-0.2, 0) is 0 Å². The molecule has 6 nitrogen and oxygen atoms in total. The molecule has 0 aromatic heterocycles. The number of non-ortho nitro benzene ring substituents is 1. The van der Waals surface area contributed by atoms with Crippen LogP contribution in [0.5, 0.6) is 5.75 Å². The van der Waals surface area contributed by atoms with Crippen molar-refractivity contribution in [1.29, 1.82) is 0 Å². The summed E-state index contributed by atoms with van der Waals surface area (Å²) in [5, 5.41) is 14.4. The Balaban J connectivity index is 2.13. The molecule has 1 N–H and O–H groups in total. The number of likely N-dealkylation sites (tertiary alicyclic amines) is 1. The fourth-order valence-electron chi connectivity index (χ4n) is 2.68. The Hall–Kier alpha value is -1.82. The molecule has 6 heteroatoms. The number of nitro groups is 1. The van der Waals surface area contributed by atoms with Crippen LogP contribution in [0.15, 0.2) is 18.2 Å². The number of ether oxygens (including phenoxy) is 1. The van der Waals surface area contributed by atoms with Gasteiger partial charge in [-0.15, -0.1) is 0 Å². The molecule has 1 aromatic rings. The summed E-state index contributed by atoms with van der Waals surface area (Å²) in [4.78, 5) is 13.0. The Morgan fingerprint density at radius 2 is 2.24 bits per heavy atom. The van der Waals surface area contributed by atoms with Crippen molar-refractivity contribution in [2.45, 2.75) is 38.8 Å². The van der Waals surface area contributed by atoms with E-state index in [0.29, 0.717) is 24.4 Å². The molecule has 1 heterocycles. The summed E-state index contributed by atoms with van der Waals surface area (Å²) in [5.74, 6) is 0.537. The number of nitro benzene ring substituents is 1. The summed E-state index contributed by atoms with van der Waals surface area (Å²) in [7, 11) is 2.13. The molecule has 0 aliphatic carbocycles. The van der Waals surface area contributed by atoms with Crippen LogP contribution in [0, 0.1) is 10.1 Å². The van der Waals surface area contributed by atoms with E-state index in [2.05, 4.69) is 24.2 Å². The van der Waals surface area contributed by atoms with E-state index < -0.39 is 0 Å². The van der Waals surface area contributed by atoms with Crippen LogP contribution in [0.4, 0.5) is 11.4 Å². The number of piperidine rings is 1. The number of nitrogens with one attached hydrogen (secondary N) is 1. The van der Waals surface area contributed by atoms with Crippen LogP contribution < -0.4 is 10.1 Å². The van der Waals surface area contributed by atoms with Gasteiger partial charge in [0.05, 0.1) is 17.6 Å². The van der Waals surface area contributed by atoms with Crippen molar-refractivity contribution < 1.29 is 9.66 Å². The van der Waals surface area contributed by atoms with Crippen molar-refractivity contribution >= 4 is 11.4 Å². The van der Waals surface area contributed by atoms with E-state index >= 15 is 0 Å². The molecular formula is C15H23N3O3. The van der Waals surface area contributed by atoms with Crippen LogP contribution in [-0.4, -0.2) is 42.1 Å². The molecule has 0 bridgehead atoms. The quantitative estimate of drug-likeness (QED) is 0.668. The lowest BCUT2D eigenvalue weighted by Crippen LogP contribution is -2.42. The molecule has 1 aliphatic rings. The molecule has 2 atom stereocenters. The number of anilines is 1. The maximum absolute atomic E-state index is 11.0. The van der Waals surface area contributed by atoms with Gasteiger partial charge in [0.15, 0.2) is 0 Å². The van der Waals surface area contributed by atoms with Crippen LogP contribution >= 0.6 is 0 Å². The van der Waals surface area contributed by atoms with E-state index in [4.69, 9.17) is 4.74 Å². The minimum absolute atomic E-state index is 0.0597. The van der Waals surface area contributed by atoms with Gasteiger partial charge in [0, 0.05) is 36.4 Å². The molecule has 0 spiro atoms. The summed E-state index contributed by atoms with van der Waals surface area (Å²) in [5.41, 5.74) is 0.818. The van der Waals surface area contributed by atoms with Crippen molar-refractivity contribution in [3.63, 3.8) is 0 Å². The molecule has 1 fully saturated rings. The van der Waals surface area contributed by atoms with Crippen molar-refractivity contribution in [3.8, 4) is 5.75 Å². The van der Waals surface area contributed by atoms with Crippen LogP contribution in [0.3, 0.4) is 0 Å². The Morgan fingerprint density at radius 1 is 1.48 bits per heavy atom.